The van der Waals surface area contributed by atoms with Gasteiger partial charge in [0.1, 0.15) is 12.4 Å². The number of pyridine rings is 1. The highest BCUT2D eigenvalue weighted by Gasteiger charge is 2.05. The number of fused-ring (bicyclic) bond motifs is 1. The molecule has 0 fully saturated rings. The number of para-hydroxylation sites is 2. The highest BCUT2D eigenvalue weighted by atomic mass is 16.5. The molecule has 0 radical (unpaired) electrons. The average molecular weight is 278 g/mol. The maximum Gasteiger partial charge on any atom is 0.130 e. The van der Waals surface area contributed by atoms with Gasteiger partial charge in [0.15, 0.2) is 0 Å². The number of hydrogen-bond donors (Lipinski definition) is 0. The molecule has 1 aromatic heterocycles. The van der Waals surface area contributed by atoms with Crippen LogP contribution in [0, 0.1) is 0 Å². The topological polar surface area (TPSA) is 62.2 Å². The summed E-state index contributed by atoms with van der Waals surface area (Å²) in [7, 11) is 0. The molecule has 0 N–H and O–H groups in total. The second-order valence-corrected chi connectivity index (χ2v) is 4.57. The summed E-state index contributed by atoms with van der Waals surface area (Å²) in [5.41, 5.74) is 1.66. The SMILES string of the molecule is O=C([O-])c1ccccc1OCc1ccc2ccccc2n1. The molecule has 0 aliphatic carbocycles. The monoisotopic (exact) mass is 278 g/mol. The Morgan fingerprint density at radius 3 is 2.62 bits per heavy atom. The lowest BCUT2D eigenvalue weighted by atomic mass is 10.2. The minimum atomic E-state index is -1.25. The van der Waals surface area contributed by atoms with Crippen molar-refractivity contribution >= 4 is 16.9 Å². The van der Waals surface area contributed by atoms with Gasteiger partial charge in [-0.2, -0.15) is 0 Å². The van der Waals surface area contributed by atoms with Crippen molar-refractivity contribution < 1.29 is 14.6 Å². The van der Waals surface area contributed by atoms with Crippen LogP contribution < -0.4 is 9.84 Å². The van der Waals surface area contributed by atoms with Gasteiger partial charge in [-0.1, -0.05) is 36.4 Å². The van der Waals surface area contributed by atoms with Crippen LogP contribution in [-0.2, 0) is 6.61 Å². The number of carbonyl (C=O) groups is 1. The first-order valence-electron chi connectivity index (χ1n) is 6.52. The number of carbonyl (C=O) groups excluding carboxylic acids is 1. The van der Waals surface area contributed by atoms with Crippen LogP contribution in [0.2, 0.25) is 0 Å². The number of benzene rings is 2. The van der Waals surface area contributed by atoms with Crippen LogP contribution in [0.3, 0.4) is 0 Å². The first-order valence-corrected chi connectivity index (χ1v) is 6.52. The molecule has 3 rings (SSSR count). The van der Waals surface area contributed by atoms with Gasteiger partial charge in [0, 0.05) is 10.9 Å². The smallest absolute Gasteiger partial charge is 0.130 e. The summed E-state index contributed by atoms with van der Waals surface area (Å²) in [6.07, 6.45) is 0. The van der Waals surface area contributed by atoms with Crippen LogP contribution in [0.15, 0.2) is 60.7 Å². The normalized spacial score (nSPS) is 10.5. The highest BCUT2D eigenvalue weighted by molar-refractivity contribution is 5.89. The molecule has 1 heterocycles. The molecular formula is C17H12NO3-. The third kappa shape index (κ3) is 2.84. The van der Waals surface area contributed by atoms with E-state index in [9.17, 15) is 9.90 Å². The molecule has 0 saturated carbocycles. The first kappa shape index (κ1) is 13.1. The lowest BCUT2D eigenvalue weighted by Crippen LogP contribution is -2.23. The summed E-state index contributed by atoms with van der Waals surface area (Å²) < 4.78 is 5.55. The number of aromatic carboxylic acids is 1. The Kier molecular flexibility index (Phi) is 3.51. The summed E-state index contributed by atoms with van der Waals surface area (Å²) >= 11 is 0. The van der Waals surface area contributed by atoms with E-state index in [0.29, 0.717) is 0 Å². The van der Waals surface area contributed by atoms with Gasteiger partial charge in [0.05, 0.1) is 17.2 Å². The lowest BCUT2D eigenvalue weighted by Gasteiger charge is -2.11. The molecule has 4 heteroatoms. The summed E-state index contributed by atoms with van der Waals surface area (Å²) in [4.78, 5) is 15.5. The van der Waals surface area contributed by atoms with E-state index in [-0.39, 0.29) is 17.9 Å². The van der Waals surface area contributed by atoms with Gasteiger partial charge < -0.3 is 14.6 Å². The Bertz CT molecular complexity index is 799. The van der Waals surface area contributed by atoms with Crippen LogP contribution >= 0.6 is 0 Å². The fourth-order valence-corrected chi connectivity index (χ4v) is 2.10. The van der Waals surface area contributed by atoms with E-state index in [1.165, 1.54) is 6.07 Å². The highest BCUT2D eigenvalue weighted by Crippen LogP contribution is 2.19. The molecular weight excluding hydrogens is 266 g/mol. The van der Waals surface area contributed by atoms with Crippen molar-refractivity contribution in [2.45, 2.75) is 6.61 Å². The molecule has 0 bridgehead atoms. The van der Waals surface area contributed by atoms with E-state index in [1.807, 2.05) is 36.4 Å². The number of ether oxygens (including phenoxy) is 1. The van der Waals surface area contributed by atoms with Gasteiger partial charge >= 0.3 is 0 Å². The van der Waals surface area contributed by atoms with Crippen molar-refractivity contribution in [2.24, 2.45) is 0 Å². The second kappa shape index (κ2) is 5.63. The van der Waals surface area contributed by atoms with Crippen LogP contribution in [0.25, 0.3) is 10.9 Å². The van der Waals surface area contributed by atoms with E-state index in [1.54, 1.807) is 18.2 Å². The Morgan fingerprint density at radius 1 is 1.00 bits per heavy atom. The third-order valence-electron chi connectivity index (χ3n) is 3.14. The number of hydrogen-bond acceptors (Lipinski definition) is 4. The van der Waals surface area contributed by atoms with Gasteiger partial charge in [-0.15, -0.1) is 0 Å². The summed E-state index contributed by atoms with van der Waals surface area (Å²) in [5, 5.41) is 12.1. The minimum absolute atomic E-state index is 0.0401. The molecule has 0 aliphatic heterocycles. The molecule has 2 aromatic carbocycles. The van der Waals surface area contributed by atoms with E-state index in [0.717, 1.165) is 16.6 Å². The standard InChI is InChI=1S/C17H13NO3/c19-17(20)14-6-2-4-8-16(14)21-11-13-10-9-12-5-1-3-7-15(12)18-13/h1-10H,11H2,(H,19,20)/p-1. The van der Waals surface area contributed by atoms with Crippen molar-refractivity contribution in [3.05, 3.63) is 71.9 Å². The van der Waals surface area contributed by atoms with Crippen molar-refractivity contribution in [1.29, 1.82) is 0 Å². The molecule has 0 atom stereocenters. The van der Waals surface area contributed by atoms with Crippen molar-refractivity contribution in [1.82, 2.24) is 4.98 Å². The van der Waals surface area contributed by atoms with Gasteiger partial charge in [0.25, 0.3) is 0 Å². The molecule has 21 heavy (non-hydrogen) atoms. The Morgan fingerprint density at radius 2 is 1.76 bits per heavy atom. The Labute approximate surface area is 121 Å². The zero-order valence-electron chi connectivity index (χ0n) is 11.2. The largest absolute Gasteiger partial charge is 0.545 e. The predicted molar refractivity (Wildman–Crippen MR) is 76.8 cm³/mol. The van der Waals surface area contributed by atoms with Crippen LogP contribution in [0.5, 0.6) is 5.75 Å². The summed E-state index contributed by atoms with van der Waals surface area (Å²) in [6, 6.07) is 18.0. The van der Waals surface area contributed by atoms with Crippen molar-refractivity contribution in [2.75, 3.05) is 0 Å². The fraction of sp³-hybridized carbons (Fsp3) is 0.0588. The third-order valence-corrected chi connectivity index (χ3v) is 3.14. The minimum Gasteiger partial charge on any atom is -0.545 e. The maximum atomic E-state index is 11.0. The van der Waals surface area contributed by atoms with Crippen molar-refractivity contribution in [3.63, 3.8) is 0 Å². The predicted octanol–water partition coefficient (Wildman–Crippen LogP) is 2.18. The molecule has 104 valence electrons. The molecule has 0 aliphatic rings. The van der Waals surface area contributed by atoms with Gasteiger partial charge in [-0.25, -0.2) is 4.98 Å². The quantitative estimate of drug-likeness (QED) is 0.733. The van der Waals surface area contributed by atoms with Gasteiger partial charge in [-0.3, -0.25) is 0 Å². The zero-order chi connectivity index (χ0) is 14.7. The number of aromatic nitrogens is 1. The number of carboxylic acids is 1. The fourth-order valence-electron chi connectivity index (χ4n) is 2.10. The van der Waals surface area contributed by atoms with Crippen LogP contribution in [0.4, 0.5) is 0 Å². The van der Waals surface area contributed by atoms with E-state index in [4.69, 9.17) is 4.74 Å². The maximum absolute atomic E-state index is 11.0. The molecule has 3 aromatic rings. The Balaban J connectivity index is 1.82. The number of carboxylic acid groups (broad SMARTS) is 1. The van der Waals surface area contributed by atoms with E-state index < -0.39 is 5.97 Å². The first-order chi connectivity index (χ1) is 10.2. The molecule has 0 unspecified atom stereocenters. The Hall–Kier alpha value is -2.88. The van der Waals surface area contributed by atoms with Crippen LogP contribution in [-0.4, -0.2) is 11.0 Å². The van der Waals surface area contributed by atoms with E-state index in [2.05, 4.69) is 4.98 Å². The zero-order valence-corrected chi connectivity index (χ0v) is 11.2. The lowest BCUT2D eigenvalue weighted by molar-refractivity contribution is -0.255. The van der Waals surface area contributed by atoms with Gasteiger partial charge in [-0.05, 0) is 24.3 Å². The number of rotatable bonds is 4. The molecule has 4 nitrogen and oxygen atoms in total. The average Bonchev–Trinajstić information content (AvgIpc) is 2.53. The second-order valence-electron chi connectivity index (χ2n) is 4.57. The van der Waals surface area contributed by atoms with Crippen molar-refractivity contribution in [3.8, 4) is 5.75 Å². The van der Waals surface area contributed by atoms with E-state index >= 15 is 0 Å². The van der Waals surface area contributed by atoms with Crippen LogP contribution in [0.1, 0.15) is 16.1 Å². The number of nitrogens with zero attached hydrogens (tertiary/aromatic N) is 1. The summed E-state index contributed by atoms with van der Waals surface area (Å²) in [6.45, 7) is 0.203. The molecule has 0 saturated heterocycles. The molecule has 0 amide bonds. The van der Waals surface area contributed by atoms with Gasteiger partial charge in [0.2, 0.25) is 0 Å². The summed E-state index contributed by atoms with van der Waals surface area (Å²) in [5.74, 6) is -0.968. The molecule has 0 spiro atoms.